The lowest BCUT2D eigenvalue weighted by molar-refractivity contribution is -0.422. The lowest BCUT2D eigenvalue weighted by atomic mass is 10.1. The molecule has 1 N–H and O–H groups in total. The fourth-order valence-electron chi connectivity index (χ4n) is 1.86. The van der Waals surface area contributed by atoms with Gasteiger partial charge in [-0.2, -0.15) is 0 Å². The SMILES string of the molecule is Cc1ccc(NCc2ccc([N+](=O)[O-])c([N+](=O)[O-])c2)cc1. The first kappa shape index (κ1) is 14.4. The summed E-state index contributed by atoms with van der Waals surface area (Å²) in [5.41, 5.74) is 1.61. The van der Waals surface area contributed by atoms with Crippen molar-refractivity contribution in [3.8, 4) is 0 Å². The molecule has 0 aromatic heterocycles. The van der Waals surface area contributed by atoms with E-state index in [2.05, 4.69) is 5.32 Å². The van der Waals surface area contributed by atoms with E-state index in [0.29, 0.717) is 12.1 Å². The minimum Gasteiger partial charge on any atom is -0.381 e. The van der Waals surface area contributed by atoms with Gasteiger partial charge in [-0.25, -0.2) is 0 Å². The Bertz CT molecular complexity index is 683. The van der Waals surface area contributed by atoms with E-state index in [1.165, 1.54) is 12.1 Å². The molecular weight excluding hydrogens is 274 g/mol. The predicted molar refractivity (Wildman–Crippen MR) is 78.3 cm³/mol. The van der Waals surface area contributed by atoms with Crippen LogP contribution in [0.3, 0.4) is 0 Å². The van der Waals surface area contributed by atoms with Crippen molar-refractivity contribution < 1.29 is 9.85 Å². The standard InChI is InChI=1S/C14H13N3O4/c1-10-2-5-12(6-3-10)15-9-11-4-7-13(16(18)19)14(8-11)17(20)21/h2-8,15H,9H2,1H3. The summed E-state index contributed by atoms with van der Waals surface area (Å²) in [7, 11) is 0. The molecule has 7 nitrogen and oxygen atoms in total. The highest BCUT2D eigenvalue weighted by molar-refractivity contribution is 5.55. The summed E-state index contributed by atoms with van der Waals surface area (Å²) in [4.78, 5) is 20.1. The molecule has 2 aromatic rings. The first-order chi connectivity index (χ1) is 9.97. The van der Waals surface area contributed by atoms with Gasteiger partial charge in [0.25, 0.3) is 0 Å². The van der Waals surface area contributed by atoms with Crippen LogP contribution in [0.15, 0.2) is 42.5 Å². The van der Waals surface area contributed by atoms with E-state index < -0.39 is 21.2 Å². The maximum Gasteiger partial charge on any atom is 0.346 e. The number of hydrogen-bond acceptors (Lipinski definition) is 5. The van der Waals surface area contributed by atoms with Crippen molar-refractivity contribution in [1.82, 2.24) is 0 Å². The van der Waals surface area contributed by atoms with Crippen LogP contribution in [0.2, 0.25) is 0 Å². The van der Waals surface area contributed by atoms with Crippen molar-refractivity contribution in [1.29, 1.82) is 0 Å². The molecule has 0 aliphatic heterocycles. The van der Waals surface area contributed by atoms with Crippen molar-refractivity contribution in [2.75, 3.05) is 5.32 Å². The quantitative estimate of drug-likeness (QED) is 0.671. The highest BCUT2D eigenvalue weighted by Gasteiger charge is 2.23. The van der Waals surface area contributed by atoms with Crippen LogP contribution in [-0.4, -0.2) is 9.85 Å². The van der Waals surface area contributed by atoms with E-state index in [1.54, 1.807) is 0 Å². The van der Waals surface area contributed by atoms with Crippen molar-refractivity contribution in [2.45, 2.75) is 13.5 Å². The lowest BCUT2D eigenvalue weighted by Gasteiger charge is -2.07. The summed E-state index contributed by atoms with van der Waals surface area (Å²) in [6, 6.07) is 11.6. The second kappa shape index (κ2) is 6.00. The number of aryl methyl sites for hydroxylation is 1. The highest BCUT2D eigenvalue weighted by Crippen LogP contribution is 2.27. The number of nitro groups is 2. The maximum atomic E-state index is 10.9. The van der Waals surface area contributed by atoms with E-state index in [-0.39, 0.29) is 0 Å². The number of nitrogens with one attached hydrogen (secondary N) is 1. The molecule has 21 heavy (non-hydrogen) atoms. The fourth-order valence-corrected chi connectivity index (χ4v) is 1.86. The van der Waals surface area contributed by atoms with Crippen molar-refractivity contribution in [3.05, 3.63) is 73.8 Å². The molecule has 108 valence electrons. The van der Waals surface area contributed by atoms with E-state index in [0.717, 1.165) is 17.3 Å². The third-order valence-corrected chi connectivity index (χ3v) is 2.98. The molecule has 0 aliphatic rings. The molecule has 0 amide bonds. The van der Waals surface area contributed by atoms with Crippen LogP contribution in [0.4, 0.5) is 17.1 Å². The largest absolute Gasteiger partial charge is 0.381 e. The normalized spacial score (nSPS) is 10.1. The summed E-state index contributed by atoms with van der Waals surface area (Å²) >= 11 is 0. The smallest absolute Gasteiger partial charge is 0.346 e. The highest BCUT2D eigenvalue weighted by atomic mass is 16.6. The molecule has 0 heterocycles. The van der Waals surface area contributed by atoms with Gasteiger partial charge in [-0.15, -0.1) is 0 Å². The van der Waals surface area contributed by atoms with Crippen LogP contribution < -0.4 is 5.32 Å². The zero-order valence-corrected chi connectivity index (χ0v) is 11.3. The molecule has 0 atom stereocenters. The number of benzene rings is 2. The van der Waals surface area contributed by atoms with Gasteiger partial charge in [0, 0.05) is 24.4 Å². The van der Waals surface area contributed by atoms with Gasteiger partial charge in [-0.1, -0.05) is 17.7 Å². The van der Waals surface area contributed by atoms with Crippen LogP contribution >= 0.6 is 0 Å². The van der Waals surface area contributed by atoms with Gasteiger partial charge in [-0.3, -0.25) is 20.2 Å². The maximum absolute atomic E-state index is 10.9. The molecule has 0 bridgehead atoms. The van der Waals surface area contributed by atoms with E-state index >= 15 is 0 Å². The lowest BCUT2D eigenvalue weighted by Crippen LogP contribution is -2.02. The number of hydrogen-bond donors (Lipinski definition) is 1. The Morgan fingerprint density at radius 2 is 1.57 bits per heavy atom. The van der Waals surface area contributed by atoms with Gasteiger partial charge in [-0.05, 0) is 30.7 Å². The average molecular weight is 287 g/mol. The Morgan fingerprint density at radius 3 is 2.14 bits per heavy atom. The number of anilines is 1. The third-order valence-electron chi connectivity index (χ3n) is 2.98. The monoisotopic (exact) mass is 287 g/mol. The first-order valence-electron chi connectivity index (χ1n) is 6.19. The van der Waals surface area contributed by atoms with Gasteiger partial charge in [0.05, 0.1) is 9.85 Å². The summed E-state index contributed by atoms with van der Waals surface area (Å²) in [5, 5.41) is 24.7. The van der Waals surface area contributed by atoms with E-state index in [9.17, 15) is 20.2 Å². The van der Waals surface area contributed by atoms with Gasteiger partial charge < -0.3 is 5.32 Å². The third kappa shape index (κ3) is 3.53. The minimum absolute atomic E-state index is 0.349. The summed E-state index contributed by atoms with van der Waals surface area (Å²) in [6.45, 7) is 2.32. The van der Waals surface area contributed by atoms with E-state index in [1.807, 2.05) is 31.2 Å². The molecule has 0 unspecified atom stereocenters. The Labute approximate surface area is 120 Å². The summed E-state index contributed by atoms with van der Waals surface area (Å²) < 4.78 is 0. The number of nitrogens with zero attached hydrogens (tertiary/aromatic N) is 2. The average Bonchev–Trinajstić information content (AvgIpc) is 2.46. The van der Waals surface area contributed by atoms with Crippen LogP contribution in [0, 0.1) is 27.2 Å². The number of rotatable bonds is 5. The van der Waals surface area contributed by atoms with Gasteiger partial charge in [0.15, 0.2) is 0 Å². The van der Waals surface area contributed by atoms with Gasteiger partial charge in [0.1, 0.15) is 0 Å². The van der Waals surface area contributed by atoms with Crippen LogP contribution in [0.25, 0.3) is 0 Å². The Balaban J connectivity index is 2.17. The summed E-state index contributed by atoms with van der Waals surface area (Å²) in [6.07, 6.45) is 0. The van der Waals surface area contributed by atoms with Crippen molar-refractivity contribution in [3.63, 3.8) is 0 Å². The van der Waals surface area contributed by atoms with Crippen molar-refractivity contribution >= 4 is 17.1 Å². The van der Waals surface area contributed by atoms with Crippen LogP contribution in [0.5, 0.6) is 0 Å². The molecule has 2 rings (SSSR count). The molecule has 0 fully saturated rings. The van der Waals surface area contributed by atoms with Crippen molar-refractivity contribution in [2.24, 2.45) is 0 Å². The summed E-state index contributed by atoms with van der Waals surface area (Å²) in [5.74, 6) is 0. The molecular formula is C14H13N3O4. The first-order valence-corrected chi connectivity index (χ1v) is 6.19. The second-order valence-electron chi connectivity index (χ2n) is 4.56. The Kier molecular flexibility index (Phi) is 4.13. The molecule has 0 saturated carbocycles. The molecule has 7 heteroatoms. The molecule has 0 spiro atoms. The van der Waals surface area contributed by atoms with E-state index in [4.69, 9.17) is 0 Å². The Morgan fingerprint density at radius 1 is 0.952 bits per heavy atom. The molecule has 2 aromatic carbocycles. The van der Waals surface area contributed by atoms with Crippen LogP contribution in [0.1, 0.15) is 11.1 Å². The minimum atomic E-state index is -0.755. The van der Waals surface area contributed by atoms with Crippen LogP contribution in [-0.2, 0) is 6.54 Å². The molecule has 0 radical (unpaired) electrons. The second-order valence-corrected chi connectivity index (χ2v) is 4.56. The Hall–Kier alpha value is -2.96. The van der Waals surface area contributed by atoms with Gasteiger partial charge in [0.2, 0.25) is 0 Å². The number of nitro benzene ring substituents is 2. The fraction of sp³-hybridized carbons (Fsp3) is 0.143. The molecule has 0 aliphatic carbocycles. The molecule has 0 saturated heterocycles. The topological polar surface area (TPSA) is 98.3 Å². The van der Waals surface area contributed by atoms with Gasteiger partial charge >= 0.3 is 11.4 Å². The zero-order valence-electron chi connectivity index (χ0n) is 11.3. The predicted octanol–water partition coefficient (Wildman–Crippen LogP) is 3.42. The zero-order chi connectivity index (χ0) is 15.4.